The second-order valence-corrected chi connectivity index (χ2v) is 9.73. The van der Waals surface area contributed by atoms with Crippen molar-refractivity contribution in [3.05, 3.63) is 71.8 Å². The molecule has 2 rings (SSSR count). The van der Waals surface area contributed by atoms with E-state index in [0.29, 0.717) is 31.6 Å². The summed E-state index contributed by atoms with van der Waals surface area (Å²) in [6, 6.07) is 20.1. The Morgan fingerprint density at radius 1 is 0.903 bits per heavy atom. The predicted molar refractivity (Wildman–Crippen MR) is 126 cm³/mol. The molecule has 0 aliphatic heterocycles. The molecule has 0 fully saturated rings. The van der Waals surface area contributed by atoms with Crippen molar-refractivity contribution >= 4 is 13.5 Å². The van der Waals surface area contributed by atoms with Gasteiger partial charge in [-0.15, -0.1) is 0 Å². The van der Waals surface area contributed by atoms with E-state index in [1.54, 1.807) is 0 Å². The van der Waals surface area contributed by atoms with Gasteiger partial charge in [-0.05, 0) is 42.7 Å². The smallest absolute Gasteiger partial charge is 0.313 e. The van der Waals surface area contributed by atoms with Gasteiger partial charge in [0.05, 0.1) is 6.10 Å². The van der Waals surface area contributed by atoms with Crippen LogP contribution in [-0.4, -0.2) is 16.8 Å². The van der Waals surface area contributed by atoms with Crippen molar-refractivity contribution in [1.82, 2.24) is 0 Å². The molecular formula is C25H36NO4P. The minimum atomic E-state index is -4.10. The quantitative estimate of drug-likeness (QED) is 0.262. The van der Waals surface area contributed by atoms with Gasteiger partial charge in [0.15, 0.2) is 0 Å². The van der Waals surface area contributed by atoms with Crippen LogP contribution in [-0.2, 0) is 13.9 Å². The van der Waals surface area contributed by atoms with E-state index in [0.717, 1.165) is 24.8 Å². The Bertz CT molecular complexity index is 822. The van der Waals surface area contributed by atoms with Crippen molar-refractivity contribution in [1.29, 1.82) is 0 Å². The minimum Gasteiger partial charge on any atom is -0.313 e. The summed E-state index contributed by atoms with van der Waals surface area (Å²) in [5, 5.41) is 0. The molecule has 0 aromatic heterocycles. The molecule has 0 bridgehead atoms. The molecule has 0 aliphatic carbocycles. The van der Waals surface area contributed by atoms with Gasteiger partial charge in [-0.2, -0.15) is 0 Å². The van der Waals surface area contributed by atoms with E-state index in [2.05, 4.69) is 31.2 Å². The Morgan fingerprint density at radius 2 is 1.45 bits per heavy atom. The zero-order valence-corrected chi connectivity index (χ0v) is 19.5. The van der Waals surface area contributed by atoms with E-state index in [4.69, 9.17) is 10.0 Å². The van der Waals surface area contributed by atoms with Crippen LogP contribution in [0.25, 0.3) is 0 Å². The average molecular weight is 446 g/mol. The number of hydrogen-bond acceptors (Lipinski definition) is 3. The number of rotatable bonds is 14. The minimum absolute atomic E-state index is 0.0974. The highest BCUT2D eigenvalue weighted by Gasteiger charge is 2.26. The summed E-state index contributed by atoms with van der Waals surface area (Å²) >= 11 is 0. The van der Waals surface area contributed by atoms with Crippen LogP contribution in [0.5, 0.6) is 0 Å². The number of ketones is 1. The van der Waals surface area contributed by atoms with Gasteiger partial charge >= 0.3 is 7.75 Å². The van der Waals surface area contributed by atoms with Crippen molar-refractivity contribution in [2.75, 3.05) is 0 Å². The number of Topliss-reactive ketones (excluding diaryl/α,β-unsaturated/α-hetero) is 1. The van der Waals surface area contributed by atoms with Gasteiger partial charge in [0.25, 0.3) is 0 Å². The summed E-state index contributed by atoms with van der Waals surface area (Å²) in [6.07, 6.45) is 4.64. The van der Waals surface area contributed by atoms with Crippen molar-refractivity contribution in [2.24, 2.45) is 5.50 Å². The summed E-state index contributed by atoms with van der Waals surface area (Å²) in [5.41, 5.74) is 7.61. The molecule has 31 heavy (non-hydrogen) atoms. The molecule has 5 nitrogen and oxygen atoms in total. The molecule has 0 saturated heterocycles. The number of carbonyl (C=O) groups excluding carboxylic acids is 1. The van der Waals surface area contributed by atoms with E-state index in [-0.39, 0.29) is 11.7 Å². The Kier molecular flexibility index (Phi) is 10.6. The maximum absolute atomic E-state index is 12.3. The first-order valence-corrected chi connectivity index (χ1v) is 12.8. The van der Waals surface area contributed by atoms with Gasteiger partial charge in [0.1, 0.15) is 5.78 Å². The van der Waals surface area contributed by atoms with Gasteiger partial charge in [0.2, 0.25) is 0 Å². The van der Waals surface area contributed by atoms with Crippen LogP contribution in [0, 0.1) is 0 Å². The second kappa shape index (κ2) is 12.9. The van der Waals surface area contributed by atoms with Crippen molar-refractivity contribution in [2.45, 2.75) is 76.7 Å². The van der Waals surface area contributed by atoms with Crippen molar-refractivity contribution < 1.29 is 18.8 Å². The third kappa shape index (κ3) is 9.92. The first kappa shape index (κ1) is 25.5. The molecule has 0 radical (unpaired) electrons. The molecule has 0 aliphatic rings. The number of benzene rings is 2. The Balaban J connectivity index is 1.73. The molecule has 4 unspecified atom stereocenters. The normalized spacial score (nSPS) is 16.3. The van der Waals surface area contributed by atoms with Crippen LogP contribution in [0.1, 0.15) is 81.8 Å². The second-order valence-electron chi connectivity index (χ2n) is 8.40. The molecule has 3 N–H and O–H groups in total. The van der Waals surface area contributed by atoms with E-state index >= 15 is 0 Å². The lowest BCUT2D eigenvalue weighted by Gasteiger charge is -2.25. The average Bonchev–Trinajstić information content (AvgIpc) is 2.75. The third-order valence-corrected chi connectivity index (χ3v) is 6.40. The monoisotopic (exact) mass is 445 g/mol. The standard InChI is InChI=1S/C25H36NO4P/c1-20(22-13-5-3-6-14-22)12-9-10-17-24(27)18-11-19-25(30-31(26,28)29)21(2)23-15-7-4-8-16-23/h3-8,13-16,20-21,25H,9-12,17-19H2,1-2H3,(H3,26,28,29). The lowest BCUT2D eigenvalue weighted by atomic mass is 9.91. The van der Waals surface area contributed by atoms with Gasteiger partial charge in [-0.1, -0.05) is 80.9 Å². The predicted octanol–water partition coefficient (Wildman–Crippen LogP) is 6.34. The van der Waals surface area contributed by atoms with Crippen LogP contribution in [0.3, 0.4) is 0 Å². The zero-order chi connectivity index (χ0) is 22.7. The molecule has 0 heterocycles. The molecule has 0 amide bonds. The van der Waals surface area contributed by atoms with Crippen molar-refractivity contribution in [3.63, 3.8) is 0 Å². The Morgan fingerprint density at radius 3 is 2.03 bits per heavy atom. The van der Waals surface area contributed by atoms with Crippen molar-refractivity contribution in [3.8, 4) is 0 Å². The fraction of sp³-hybridized carbons (Fsp3) is 0.480. The highest BCUT2D eigenvalue weighted by molar-refractivity contribution is 7.50. The largest absolute Gasteiger partial charge is 0.400 e. The molecule has 6 heteroatoms. The fourth-order valence-electron chi connectivity index (χ4n) is 3.91. The molecule has 0 saturated carbocycles. The van der Waals surface area contributed by atoms with Crippen LogP contribution >= 0.6 is 7.75 Å². The Labute approximate surface area is 186 Å². The van der Waals surface area contributed by atoms with E-state index < -0.39 is 13.9 Å². The van der Waals surface area contributed by atoms with E-state index in [1.807, 2.05) is 43.3 Å². The first-order valence-electron chi connectivity index (χ1n) is 11.2. The lowest BCUT2D eigenvalue weighted by molar-refractivity contribution is -0.119. The SMILES string of the molecule is CC(CCCCC(=O)CCCC(OP(N)(=O)O)C(C)c1ccccc1)c1ccccc1. The molecule has 4 atom stereocenters. The number of nitrogens with two attached hydrogens (primary N) is 1. The lowest BCUT2D eigenvalue weighted by Crippen LogP contribution is -2.21. The van der Waals surface area contributed by atoms with Gasteiger partial charge < -0.3 is 4.89 Å². The first-order chi connectivity index (χ1) is 14.8. The topological polar surface area (TPSA) is 89.6 Å². The molecule has 2 aromatic rings. The maximum atomic E-state index is 12.3. The van der Waals surface area contributed by atoms with Crippen LogP contribution < -0.4 is 5.50 Å². The number of unbranched alkanes of at least 4 members (excludes halogenated alkanes) is 1. The van der Waals surface area contributed by atoms with E-state index in [1.165, 1.54) is 5.56 Å². The van der Waals surface area contributed by atoms with Gasteiger partial charge in [0, 0.05) is 18.8 Å². The van der Waals surface area contributed by atoms with Gasteiger partial charge in [-0.3, -0.25) is 9.32 Å². The summed E-state index contributed by atoms with van der Waals surface area (Å²) in [4.78, 5) is 21.8. The summed E-state index contributed by atoms with van der Waals surface area (Å²) in [7, 11) is -4.10. The van der Waals surface area contributed by atoms with E-state index in [9.17, 15) is 14.3 Å². The number of carbonyl (C=O) groups is 1. The molecule has 0 spiro atoms. The van der Waals surface area contributed by atoms with Gasteiger partial charge in [-0.25, -0.2) is 10.1 Å². The highest BCUT2D eigenvalue weighted by atomic mass is 31.2. The number of hydrogen-bond donors (Lipinski definition) is 2. The van der Waals surface area contributed by atoms with Crippen LogP contribution in [0.2, 0.25) is 0 Å². The summed E-state index contributed by atoms with van der Waals surface area (Å²) in [6.45, 7) is 4.17. The molecule has 2 aromatic carbocycles. The fourth-order valence-corrected chi connectivity index (χ4v) is 4.58. The highest BCUT2D eigenvalue weighted by Crippen LogP contribution is 2.39. The summed E-state index contributed by atoms with van der Waals surface area (Å²) < 4.78 is 16.9. The Hall–Kier alpha value is -1.78. The molecule has 170 valence electrons. The molecular weight excluding hydrogens is 409 g/mol. The summed E-state index contributed by atoms with van der Waals surface area (Å²) in [5.74, 6) is 0.636. The van der Waals surface area contributed by atoms with Crippen LogP contribution in [0.15, 0.2) is 60.7 Å². The van der Waals surface area contributed by atoms with Crippen LogP contribution in [0.4, 0.5) is 0 Å². The maximum Gasteiger partial charge on any atom is 0.400 e. The third-order valence-electron chi connectivity index (χ3n) is 5.83. The zero-order valence-electron chi connectivity index (χ0n) is 18.7.